The van der Waals surface area contributed by atoms with Crippen LogP contribution in [-0.2, 0) is 11.3 Å². The maximum Gasteiger partial charge on any atom is 0.409 e. The summed E-state index contributed by atoms with van der Waals surface area (Å²) in [5.41, 5.74) is 0. The van der Waals surface area contributed by atoms with Crippen molar-refractivity contribution in [2.45, 2.75) is 18.9 Å². The molecule has 1 heterocycles. The lowest BCUT2D eigenvalue weighted by Gasteiger charge is -2.21. The van der Waals surface area contributed by atoms with Gasteiger partial charge in [-0.1, -0.05) is 0 Å². The van der Waals surface area contributed by atoms with Crippen molar-refractivity contribution in [2.24, 2.45) is 5.92 Å². The van der Waals surface area contributed by atoms with E-state index in [9.17, 15) is 31.1 Å². The van der Waals surface area contributed by atoms with Crippen LogP contribution in [0, 0.1) is 5.92 Å². The van der Waals surface area contributed by atoms with Crippen molar-refractivity contribution in [3.63, 3.8) is 0 Å². The van der Waals surface area contributed by atoms with Gasteiger partial charge in [-0.2, -0.15) is 26.3 Å². The number of nitrogens with one attached hydrogen (secondary N) is 2. The van der Waals surface area contributed by atoms with Crippen molar-refractivity contribution in [1.82, 2.24) is 15.3 Å². The van der Waals surface area contributed by atoms with E-state index in [1.807, 2.05) is 0 Å². The molecule has 0 aliphatic heterocycles. The number of nitrogens with zero attached hydrogens (tertiary/aromatic N) is 1. The predicted molar refractivity (Wildman–Crippen MR) is 46.0 cm³/mol. The molecule has 0 aliphatic rings. The number of alkyl halides is 6. The summed E-state index contributed by atoms with van der Waals surface area (Å²) < 4.78 is 72.8. The number of hydrogen-bond acceptors (Lipinski definition) is 2. The molecule has 0 fully saturated rings. The number of aromatic amines is 1. The lowest BCUT2D eigenvalue weighted by Crippen LogP contribution is -2.47. The Balaban J connectivity index is 2.72. The van der Waals surface area contributed by atoms with Gasteiger partial charge in [0.25, 0.3) is 0 Å². The van der Waals surface area contributed by atoms with Crippen molar-refractivity contribution >= 4 is 5.91 Å². The summed E-state index contributed by atoms with van der Waals surface area (Å²) in [5, 5.41) is 1.53. The fourth-order valence-corrected chi connectivity index (χ4v) is 1.15. The van der Waals surface area contributed by atoms with E-state index >= 15 is 0 Å². The van der Waals surface area contributed by atoms with Crippen LogP contribution in [0.25, 0.3) is 0 Å². The number of H-pyrrole nitrogens is 1. The minimum atomic E-state index is -5.69. The van der Waals surface area contributed by atoms with Gasteiger partial charge in [0.2, 0.25) is 11.8 Å². The van der Waals surface area contributed by atoms with Gasteiger partial charge in [0.15, 0.2) is 0 Å². The molecule has 0 atom stereocenters. The van der Waals surface area contributed by atoms with Gasteiger partial charge in [0.1, 0.15) is 5.82 Å². The minimum absolute atomic E-state index is 0.0476. The number of hydrogen-bond donors (Lipinski definition) is 2. The molecule has 10 heteroatoms. The average molecular weight is 275 g/mol. The van der Waals surface area contributed by atoms with Crippen molar-refractivity contribution in [3.05, 3.63) is 18.2 Å². The highest BCUT2D eigenvalue weighted by molar-refractivity contribution is 5.80. The van der Waals surface area contributed by atoms with Crippen LogP contribution in [0.2, 0.25) is 0 Å². The van der Waals surface area contributed by atoms with E-state index in [4.69, 9.17) is 0 Å². The fourth-order valence-electron chi connectivity index (χ4n) is 1.15. The highest BCUT2D eigenvalue weighted by Crippen LogP contribution is 2.39. The van der Waals surface area contributed by atoms with Crippen LogP contribution in [0.5, 0.6) is 0 Å². The van der Waals surface area contributed by atoms with Gasteiger partial charge in [-0.05, 0) is 0 Å². The normalized spacial score (nSPS) is 12.8. The molecule has 1 aromatic rings. The van der Waals surface area contributed by atoms with E-state index in [2.05, 4.69) is 9.97 Å². The van der Waals surface area contributed by atoms with Gasteiger partial charge in [0, 0.05) is 12.4 Å². The lowest BCUT2D eigenvalue weighted by molar-refractivity contribution is -0.274. The molecule has 2 N–H and O–H groups in total. The molecule has 1 rings (SSSR count). The molecule has 0 radical (unpaired) electrons. The Morgan fingerprint density at radius 1 is 1.28 bits per heavy atom. The van der Waals surface area contributed by atoms with Gasteiger partial charge in [-0.3, -0.25) is 4.79 Å². The summed E-state index contributed by atoms with van der Waals surface area (Å²) in [4.78, 5) is 16.9. The number of halogens is 6. The highest BCUT2D eigenvalue weighted by atomic mass is 19.4. The number of rotatable bonds is 3. The molecular weight excluding hydrogens is 268 g/mol. The number of carbonyl (C=O) groups excluding carboxylic acids is 1. The number of imidazole rings is 1. The third-order valence-corrected chi connectivity index (χ3v) is 1.90. The summed E-state index contributed by atoms with van der Waals surface area (Å²) in [6.07, 6.45) is -8.82. The quantitative estimate of drug-likeness (QED) is 0.826. The van der Waals surface area contributed by atoms with Crippen LogP contribution in [0.4, 0.5) is 26.3 Å². The maximum atomic E-state index is 12.1. The second-order valence-electron chi connectivity index (χ2n) is 3.27. The summed E-state index contributed by atoms with van der Waals surface area (Å²) >= 11 is 0. The summed E-state index contributed by atoms with van der Waals surface area (Å²) in [6, 6.07) is 0. The van der Waals surface area contributed by atoms with E-state index in [1.165, 1.54) is 17.7 Å². The standard InChI is InChI=1S/C8H7F6N3O/c9-7(10,11)5(8(12,13)14)6(18)17-3-4-15-1-2-16-4/h1-2,5H,3H2,(H,15,16)(H,17,18). The molecule has 0 aromatic carbocycles. The van der Waals surface area contributed by atoms with E-state index < -0.39 is 30.7 Å². The smallest absolute Gasteiger partial charge is 0.348 e. The van der Waals surface area contributed by atoms with E-state index in [0.29, 0.717) is 0 Å². The molecule has 4 nitrogen and oxygen atoms in total. The Bertz CT molecular complexity index is 382. The average Bonchev–Trinajstić information content (AvgIpc) is 2.61. The van der Waals surface area contributed by atoms with Crippen molar-refractivity contribution in [2.75, 3.05) is 0 Å². The van der Waals surface area contributed by atoms with Gasteiger partial charge in [0.05, 0.1) is 6.54 Å². The van der Waals surface area contributed by atoms with E-state index in [0.717, 1.165) is 0 Å². The first kappa shape index (κ1) is 14.3. The Morgan fingerprint density at radius 2 is 1.83 bits per heavy atom. The molecular formula is C8H7F6N3O. The molecule has 0 spiro atoms. The van der Waals surface area contributed by atoms with Crippen LogP contribution in [0.3, 0.4) is 0 Å². The molecule has 102 valence electrons. The monoisotopic (exact) mass is 275 g/mol. The summed E-state index contributed by atoms with van der Waals surface area (Å²) in [5.74, 6) is -6.15. The SMILES string of the molecule is O=C(NCc1ncc[nH]1)C(C(F)(F)F)C(F)(F)F. The van der Waals surface area contributed by atoms with Gasteiger partial charge in [-0.25, -0.2) is 4.98 Å². The molecule has 0 saturated carbocycles. The number of carbonyl (C=O) groups is 1. The molecule has 0 bridgehead atoms. The molecule has 0 saturated heterocycles. The van der Waals surface area contributed by atoms with E-state index in [-0.39, 0.29) is 5.82 Å². The zero-order valence-corrected chi connectivity index (χ0v) is 8.56. The molecule has 0 unspecified atom stereocenters. The Hall–Kier alpha value is -1.74. The minimum Gasteiger partial charge on any atom is -0.348 e. The first-order valence-electron chi connectivity index (χ1n) is 4.51. The first-order valence-corrected chi connectivity index (χ1v) is 4.51. The molecule has 1 amide bonds. The molecule has 0 aliphatic carbocycles. The number of amides is 1. The first-order chi connectivity index (χ1) is 8.12. The van der Waals surface area contributed by atoms with E-state index in [1.54, 1.807) is 0 Å². The van der Waals surface area contributed by atoms with Gasteiger partial charge in [-0.15, -0.1) is 0 Å². The second kappa shape index (κ2) is 4.86. The van der Waals surface area contributed by atoms with Crippen LogP contribution >= 0.6 is 0 Å². The maximum absolute atomic E-state index is 12.1. The Labute approximate surface area is 96.4 Å². The van der Waals surface area contributed by atoms with Gasteiger partial charge < -0.3 is 10.3 Å². The lowest BCUT2D eigenvalue weighted by atomic mass is 10.1. The van der Waals surface area contributed by atoms with Crippen LogP contribution in [-0.4, -0.2) is 28.2 Å². The Morgan fingerprint density at radius 3 is 2.22 bits per heavy atom. The topological polar surface area (TPSA) is 57.8 Å². The zero-order valence-electron chi connectivity index (χ0n) is 8.56. The van der Waals surface area contributed by atoms with Crippen LogP contribution in [0.15, 0.2) is 12.4 Å². The third-order valence-electron chi connectivity index (χ3n) is 1.90. The zero-order chi connectivity index (χ0) is 14.0. The largest absolute Gasteiger partial charge is 0.409 e. The van der Waals surface area contributed by atoms with Crippen LogP contribution < -0.4 is 5.32 Å². The van der Waals surface area contributed by atoms with Crippen molar-refractivity contribution < 1.29 is 31.1 Å². The number of aromatic nitrogens is 2. The molecule has 18 heavy (non-hydrogen) atoms. The fraction of sp³-hybridized carbons (Fsp3) is 0.500. The van der Waals surface area contributed by atoms with Crippen LogP contribution in [0.1, 0.15) is 5.82 Å². The third kappa shape index (κ3) is 3.64. The summed E-state index contributed by atoms with van der Waals surface area (Å²) in [6.45, 7) is -0.547. The van der Waals surface area contributed by atoms with Crippen molar-refractivity contribution in [3.8, 4) is 0 Å². The second-order valence-corrected chi connectivity index (χ2v) is 3.27. The predicted octanol–water partition coefficient (Wildman–Crippen LogP) is 1.77. The highest BCUT2D eigenvalue weighted by Gasteiger charge is 2.61. The summed E-state index contributed by atoms with van der Waals surface area (Å²) in [7, 11) is 0. The Kier molecular flexibility index (Phi) is 3.87. The molecule has 1 aromatic heterocycles. The van der Waals surface area contributed by atoms with Gasteiger partial charge >= 0.3 is 12.4 Å². The van der Waals surface area contributed by atoms with Crippen molar-refractivity contribution in [1.29, 1.82) is 0 Å².